The Morgan fingerprint density at radius 1 is 1.65 bits per heavy atom. The number of nitrogens with two attached hydrogens (primary N) is 1. The van der Waals surface area contributed by atoms with Crippen molar-refractivity contribution in [1.29, 1.82) is 0 Å². The summed E-state index contributed by atoms with van der Waals surface area (Å²) in [5.74, 6) is 0.166. The van der Waals surface area contributed by atoms with E-state index in [0.717, 1.165) is 26.2 Å². The van der Waals surface area contributed by atoms with E-state index in [1.807, 2.05) is 11.1 Å². The van der Waals surface area contributed by atoms with Crippen LogP contribution in [0.15, 0.2) is 6.20 Å². The molecule has 5 nitrogen and oxygen atoms in total. The zero-order valence-corrected chi connectivity index (χ0v) is 11.0. The number of amides is 1. The van der Waals surface area contributed by atoms with E-state index in [4.69, 9.17) is 5.73 Å². The maximum absolute atomic E-state index is 11.4. The molecule has 1 saturated heterocycles. The maximum Gasteiger partial charge on any atom is 0.219 e. The Morgan fingerprint density at radius 2 is 2.41 bits per heavy atom. The standard InChI is InChI=1S/C11H18N4OS/c1-8-6-14(3-4-15(8)9(2)16)7-10-5-13-11(12)17-10/h5,8H,3-4,6-7H2,1-2H3,(H2,12,13). The highest BCUT2D eigenvalue weighted by molar-refractivity contribution is 7.15. The van der Waals surface area contributed by atoms with Gasteiger partial charge in [-0.1, -0.05) is 0 Å². The molecule has 17 heavy (non-hydrogen) atoms. The Labute approximate surface area is 105 Å². The molecular weight excluding hydrogens is 236 g/mol. The minimum atomic E-state index is 0.166. The summed E-state index contributed by atoms with van der Waals surface area (Å²) in [7, 11) is 0. The summed E-state index contributed by atoms with van der Waals surface area (Å²) < 4.78 is 0. The van der Waals surface area contributed by atoms with Crippen LogP contribution in [0.1, 0.15) is 18.7 Å². The molecular formula is C11H18N4OS. The quantitative estimate of drug-likeness (QED) is 0.847. The van der Waals surface area contributed by atoms with Gasteiger partial charge >= 0.3 is 0 Å². The Morgan fingerprint density at radius 3 is 2.94 bits per heavy atom. The van der Waals surface area contributed by atoms with Crippen LogP contribution in [0.3, 0.4) is 0 Å². The number of carbonyl (C=O) groups is 1. The second-order valence-electron chi connectivity index (χ2n) is 4.46. The fourth-order valence-electron chi connectivity index (χ4n) is 2.26. The van der Waals surface area contributed by atoms with Gasteiger partial charge in [0, 0.05) is 50.2 Å². The van der Waals surface area contributed by atoms with E-state index >= 15 is 0 Å². The van der Waals surface area contributed by atoms with E-state index in [9.17, 15) is 4.79 Å². The number of hydrogen-bond acceptors (Lipinski definition) is 5. The Balaban J connectivity index is 1.91. The molecule has 6 heteroatoms. The van der Waals surface area contributed by atoms with E-state index in [1.165, 1.54) is 16.2 Å². The lowest BCUT2D eigenvalue weighted by Crippen LogP contribution is -2.52. The molecule has 2 heterocycles. The molecule has 1 fully saturated rings. The first kappa shape index (κ1) is 12.3. The first-order valence-electron chi connectivity index (χ1n) is 5.76. The van der Waals surface area contributed by atoms with Crippen molar-refractivity contribution in [3.05, 3.63) is 11.1 Å². The summed E-state index contributed by atoms with van der Waals surface area (Å²) in [6, 6.07) is 0.284. The predicted molar refractivity (Wildman–Crippen MR) is 68.7 cm³/mol. The molecule has 0 aromatic carbocycles. The van der Waals surface area contributed by atoms with Gasteiger partial charge in [-0.05, 0) is 6.92 Å². The molecule has 1 aliphatic heterocycles. The van der Waals surface area contributed by atoms with Gasteiger partial charge in [0.1, 0.15) is 0 Å². The zero-order valence-electron chi connectivity index (χ0n) is 10.2. The van der Waals surface area contributed by atoms with Gasteiger partial charge < -0.3 is 10.6 Å². The van der Waals surface area contributed by atoms with Gasteiger partial charge in [0.05, 0.1) is 0 Å². The molecule has 1 atom stereocenters. The monoisotopic (exact) mass is 254 g/mol. The lowest BCUT2D eigenvalue weighted by molar-refractivity contribution is -0.133. The smallest absolute Gasteiger partial charge is 0.219 e. The molecule has 0 saturated carbocycles. The fourth-order valence-corrected chi connectivity index (χ4v) is 2.99. The van der Waals surface area contributed by atoms with Crippen LogP contribution in [-0.4, -0.2) is 46.4 Å². The van der Waals surface area contributed by atoms with Crippen molar-refractivity contribution < 1.29 is 4.79 Å². The summed E-state index contributed by atoms with van der Waals surface area (Å²) in [6.07, 6.45) is 1.84. The summed E-state index contributed by atoms with van der Waals surface area (Å²) >= 11 is 1.53. The Hall–Kier alpha value is -1.14. The molecule has 0 radical (unpaired) electrons. The molecule has 1 aromatic heterocycles. The van der Waals surface area contributed by atoms with Crippen LogP contribution in [-0.2, 0) is 11.3 Å². The van der Waals surface area contributed by atoms with E-state index in [-0.39, 0.29) is 11.9 Å². The van der Waals surface area contributed by atoms with Crippen LogP contribution < -0.4 is 5.73 Å². The molecule has 94 valence electrons. The molecule has 1 amide bonds. The normalized spacial score (nSPS) is 21.8. The van der Waals surface area contributed by atoms with Crippen molar-refractivity contribution in [3.8, 4) is 0 Å². The van der Waals surface area contributed by atoms with E-state index in [2.05, 4.69) is 16.8 Å². The van der Waals surface area contributed by atoms with Crippen molar-refractivity contribution in [3.63, 3.8) is 0 Å². The number of thiazole rings is 1. The van der Waals surface area contributed by atoms with Crippen LogP contribution in [0.5, 0.6) is 0 Å². The minimum Gasteiger partial charge on any atom is -0.375 e. The second-order valence-corrected chi connectivity index (χ2v) is 5.61. The third-order valence-corrected chi connectivity index (χ3v) is 3.88. The van der Waals surface area contributed by atoms with Crippen LogP contribution in [0.2, 0.25) is 0 Å². The molecule has 2 rings (SSSR count). The van der Waals surface area contributed by atoms with Gasteiger partial charge in [-0.25, -0.2) is 4.98 Å². The van der Waals surface area contributed by atoms with Crippen molar-refractivity contribution >= 4 is 22.4 Å². The highest BCUT2D eigenvalue weighted by Gasteiger charge is 2.25. The number of hydrogen-bond donors (Lipinski definition) is 1. The molecule has 1 aromatic rings. The molecule has 0 aliphatic carbocycles. The number of nitrogen functional groups attached to an aromatic ring is 1. The van der Waals surface area contributed by atoms with Crippen molar-refractivity contribution in [1.82, 2.24) is 14.8 Å². The Bertz CT molecular complexity index is 406. The number of anilines is 1. The summed E-state index contributed by atoms with van der Waals surface area (Å²) in [4.78, 5) is 20.9. The first-order valence-corrected chi connectivity index (χ1v) is 6.57. The second kappa shape index (κ2) is 5.01. The van der Waals surface area contributed by atoms with Crippen molar-refractivity contribution in [2.75, 3.05) is 25.4 Å². The SMILES string of the molecule is CC(=O)N1CCN(Cc2cnc(N)s2)CC1C. The van der Waals surface area contributed by atoms with Gasteiger partial charge in [0.2, 0.25) is 5.91 Å². The van der Waals surface area contributed by atoms with Gasteiger partial charge in [-0.15, -0.1) is 11.3 Å². The van der Waals surface area contributed by atoms with Crippen molar-refractivity contribution in [2.45, 2.75) is 26.4 Å². The average Bonchev–Trinajstić information content (AvgIpc) is 2.63. The highest BCUT2D eigenvalue weighted by Crippen LogP contribution is 2.18. The van der Waals surface area contributed by atoms with Crippen LogP contribution in [0, 0.1) is 0 Å². The third kappa shape index (κ3) is 2.95. The number of nitrogens with zero attached hydrogens (tertiary/aromatic N) is 3. The molecule has 1 unspecified atom stereocenters. The topological polar surface area (TPSA) is 62.5 Å². The van der Waals surface area contributed by atoms with Crippen LogP contribution >= 0.6 is 11.3 Å². The lowest BCUT2D eigenvalue weighted by atomic mass is 10.2. The third-order valence-electron chi connectivity index (χ3n) is 3.07. The summed E-state index contributed by atoms with van der Waals surface area (Å²) in [5, 5.41) is 0.621. The first-order chi connectivity index (χ1) is 8.06. The van der Waals surface area contributed by atoms with E-state index in [1.54, 1.807) is 6.92 Å². The predicted octanol–water partition coefficient (Wildman–Crippen LogP) is 0.778. The summed E-state index contributed by atoms with van der Waals surface area (Å²) in [6.45, 7) is 7.25. The fraction of sp³-hybridized carbons (Fsp3) is 0.636. The Kier molecular flexibility index (Phi) is 3.63. The van der Waals surface area contributed by atoms with Gasteiger partial charge in [-0.3, -0.25) is 9.69 Å². The lowest BCUT2D eigenvalue weighted by Gasteiger charge is -2.39. The van der Waals surface area contributed by atoms with E-state index in [0.29, 0.717) is 5.13 Å². The molecule has 2 N–H and O–H groups in total. The molecule has 1 aliphatic rings. The number of rotatable bonds is 2. The minimum absolute atomic E-state index is 0.166. The van der Waals surface area contributed by atoms with Crippen LogP contribution in [0.25, 0.3) is 0 Å². The average molecular weight is 254 g/mol. The zero-order chi connectivity index (χ0) is 12.4. The summed E-state index contributed by atoms with van der Waals surface area (Å²) in [5.41, 5.74) is 5.61. The molecule has 0 spiro atoms. The molecule has 0 bridgehead atoms. The van der Waals surface area contributed by atoms with Gasteiger partial charge in [0.25, 0.3) is 0 Å². The maximum atomic E-state index is 11.4. The largest absolute Gasteiger partial charge is 0.375 e. The van der Waals surface area contributed by atoms with Gasteiger partial charge in [-0.2, -0.15) is 0 Å². The van der Waals surface area contributed by atoms with E-state index < -0.39 is 0 Å². The number of piperazine rings is 1. The number of carbonyl (C=O) groups excluding carboxylic acids is 1. The highest BCUT2D eigenvalue weighted by atomic mass is 32.1. The number of aromatic nitrogens is 1. The van der Waals surface area contributed by atoms with Gasteiger partial charge in [0.15, 0.2) is 5.13 Å². The van der Waals surface area contributed by atoms with Crippen molar-refractivity contribution in [2.24, 2.45) is 0 Å². The van der Waals surface area contributed by atoms with Crippen LogP contribution in [0.4, 0.5) is 5.13 Å².